The summed E-state index contributed by atoms with van der Waals surface area (Å²) < 4.78 is 0. The van der Waals surface area contributed by atoms with E-state index in [-0.39, 0.29) is 0 Å². The van der Waals surface area contributed by atoms with E-state index < -0.39 is 0 Å². The van der Waals surface area contributed by atoms with Crippen LogP contribution in [0.2, 0.25) is 0 Å². The number of likely N-dealkylation sites (tertiary alicyclic amines) is 1. The third kappa shape index (κ3) is 2.75. The molecule has 0 aliphatic carbocycles. The topological polar surface area (TPSA) is 3.24 Å². The van der Waals surface area contributed by atoms with Crippen LogP contribution in [0.4, 0.5) is 0 Å². The molecule has 0 spiro atoms. The Hall–Kier alpha value is -0.0400. The lowest BCUT2D eigenvalue weighted by Gasteiger charge is -2.45. The molecule has 0 aromatic carbocycles. The van der Waals surface area contributed by atoms with Gasteiger partial charge in [0, 0.05) is 11.6 Å². The van der Waals surface area contributed by atoms with E-state index in [1.54, 1.807) is 0 Å². The molecule has 0 bridgehead atoms. The number of nitrogens with zero attached hydrogens (tertiary/aromatic N) is 1. The van der Waals surface area contributed by atoms with E-state index in [1.807, 2.05) is 0 Å². The zero-order valence-electron chi connectivity index (χ0n) is 11.7. The van der Waals surface area contributed by atoms with Crippen LogP contribution in [-0.4, -0.2) is 23.0 Å². The van der Waals surface area contributed by atoms with Gasteiger partial charge in [0.05, 0.1) is 0 Å². The van der Waals surface area contributed by atoms with E-state index in [2.05, 4.69) is 53.4 Å². The first-order valence-corrected chi connectivity index (χ1v) is 6.44. The van der Waals surface area contributed by atoms with Gasteiger partial charge in [0.2, 0.25) is 0 Å². The Bertz CT molecular complexity index is 206. The Labute approximate surface area is 96.2 Å². The van der Waals surface area contributed by atoms with Crippen molar-refractivity contribution in [3.05, 3.63) is 0 Å². The largest absolute Gasteiger partial charge is 0.295 e. The lowest BCUT2D eigenvalue weighted by Crippen LogP contribution is -2.51. The van der Waals surface area contributed by atoms with Crippen molar-refractivity contribution in [1.82, 2.24) is 4.90 Å². The van der Waals surface area contributed by atoms with Gasteiger partial charge in [0.25, 0.3) is 0 Å². The molecule has 1 heterocycles. The molecule has 1 nitrogen and oxygen atoms in total. The van der Waals surface area contributed by atoms with Crippen LogP contribution in [0.3, 0.4) is 0 Å². The Morgan fingerprint density at radius 3 is 1.93 bits per heavy atom. The highest BCUT2D eigenvalue weighted by molar-refractivity contribution is 4.98. The normalized spacial score (nSPS) is 29.8. The van der Waals surface area contributed by atoms with Gasteiger partial charge in [0.15, 0.2) is 0 Å². The minimum Gasteiger partial charge on any atom is -0.295 e. The van der Waals surface area contributed by atoms with E-state index in [9.17, 15) is 0 Å². The van der Waals surface area contributed by atoms with Gasteiger partial charge in [-0.15, -0.1) is 0 Å². The lowest BCUT2D eigenvalue weighted by atomic mass is 9.77. The quantitative estimate of drug-likeness (QED) is 0.635. The summed E-state index contributed by atoms with van der Waals surface area (Å²) in [6.07, 6.45) is 2.71. The Kier molecular flexibility index (Phi) is 3.55. The molecule has 0 radical (unpaired) electrons. The van der Waals surface area contributed by atoms with Crippen molar-refractivity contribution in [2.75, 3.05) is 6.54 Å². The van der Waals surface area contributed by atoms with Crippen LogP contribution in [0.5, 0.6) is 0 Å². The van der Waals surface area contributed by atoms with Crippen LogP contribution in [0, 0.1) is 11.3 Å². The maximum absolute atomic E-state index is 2.72. The van der Waals surface area contributed by atoms with E-state index >= 15 is 0 Å². The van der Waals surface area contributed by atoms with Gasteiger partial charge >= 0.3 is 0 Å². The molecule has 0 aromatic heterocycles. The molecule has 0 saturated carbocycles. The third-order valence-corrected chi connectivity index (χ3v) is 3.80. The maximum Gasteiger partial charge on any atom is 0.0178 e. The first-order chi connectivity index (χ1) is 6.68. The minimum absolute atomic E-state index is 0.321. The van der Waals surface area contributed by atoms with Crippen molar-refractivity contribution >= 4 is 0 Å². The summed E-state index contributed by atoms with van der Waals surface area (Å²) in [6, 6.07) is 0.752. The maximum atomic E-state index is 2.72. The molecule has 2 atom stereocenters. The molecule has 1 rings (SSSR count). The summed E-state index contributed by atoms with van der Waals surface area (Å²) in [4.78, 5) is 2.72. The van der Waals surface area contributed by atoms with Crippen molar-refractivity contribution in [3.8, 4) is 0 Å². The molecule has 0 N–H and O–H groups in total. The first-order valence-electron chi connectivity index (χ1n) is 6.44. The number of hydrogen-bond acceptors (Lipinski definition) is 1. The standard InChI is InChI=1S/C14H29N/c1-8-11-9-10-15(14(5,6)7)12(11)13(2,3)4/h11-12H,8-10H2,1-7H3. The summed E-state index contributed by atoms with van der Waals surface area (Å²) >= 11 is 0. The van der Waals surface area contributed by atoms with Crippen LogP contribution < -0.4 is 0 Å². The number of hydrogen-bond donors (Lipinski definition) is 0. The van der Waals surface area contributed by atoms with Crippen LogP contribution in [-0.2, 0) is 0 Å². The highest BCUT2D eigenvalue weighted by Gasteiger charge is 2.44. The highest BCUT2D eigenvalue weighted by Crippen LogP contribution is 2.41. The Morgan fingerprint density at radius 1 is 1.07 bits per heavy atom. The molecule has 15 heavy (non-hydrogen) atoms. The van der Waals surface area contributed by atoms with Crippen molar-refractivity contribution in [3.63, 3.8) is 0 Å². The molecule has 1 saturated heterocycles. The predicted molar refractivity (Wildman–Crippen MR) is 68.1 cm³/mol. The zero-order valence-corrected chi connectivity index (χ0v) is 11.7. The molecule has 1 aliphatic heterocycles. The molecular weight excluding hydrogens is 182 g/mol. The fourth-order valence-electron chi connectivity index (χ4n) is 3.21. The van der Waals surface area contributed by atoms with Crippen molar-refractivity contribution in [1.29, 1.82) is 0 Å². The molecule has 2 unspecified atom stereocenters. The molecule has 0 amide bonds. The van der Waals surface area contributed by atoms with Gasteiger partial charge in [-0.3, -0.25) is 4.90 Å². The lowest BCUT2D eigenvalue weighted by molar-refractivity contribution is 0.0385. The van der Waals surface area contributed by atoms with Crippen molar-refractivity contribution in [2.45, 2.75) is 72.9 Å². The average molecular weight is 211 g/mol. The van der Waals surface area contributed by atoms with Crippen LogP contribution in [0.15, 0.2) is 0 Å². The Balaban J connectivity index is 2.92. The molecule has 0 aromatic rings. The molecule has 1 fully saturated rings. The van der Waals surface area contributed by atoms with E-state index in [0.29, 0.717) is 11.0 Å². The van der Waals surface area contributed by atoms with Gasteiger partial charge in [0.1, 0.15) is 0 Å². The van der Waals surface area contributed by atoms with Gasteiger partial charge in [-0.1, -0.05) is 34.1 Å². The Morgan fingerprint density at radius 2 is 1.60 bits per heavy atom. The summed E-state index contributed by atoms with van der Waals surface area (Å²) in [6.45, 7) is 17.9. The summed E-state index contributed by atoms with van der Waals surface area (Å²) in [5.41, 5.74) is 0.728. The molecule has 1 heteroatoms. The first kappa shape index (κ1) is 13.0. The summed E-state index contributed by atoms with van der Waals surface area (Å²) in [5.74, 6) is 0.893. The fourth-order valence-corrected chi connectivity index (χ4v) is 3.21. The van der Waals surface area contributed by atoms with Crippen LogP contribution >= 0.6 is 0 Å². The zero-order chi connectivity index (χ0) is 11.9. The predicted octanol–water partition coefficient (Wildman–Crippen LogP) is 3.93. The van der Waals surface area contributed by atoms with Crippen molar-refractivity contribution < 1.29 is 0 Å². The minimum atomic E-state index is 0.321. The van der Waals surface area contributed by atoms with Gasteiger partial charge < -0.3 is 0 Å². The van der Waals surface area contributed by atoms with Crippen LogP contribution in [0.25, 0.3) is 0 Å². The molecule has 90 valence electrons. The summed E-state index contributed by atoms with van der Waals surface area (Å²) in [7, 11) is 0. The second-order valence-electron chi connectivity index (χ2n) is 7.13. The monoisotopic (exact) mass is 211 g/mol. The van der Waals surface area contributed by atoms with E-state index in [0.717, 1.165) is 12.0 Å². The van der Waals surface area contributed by atoms with Gasteiger partial charge in [-0.05, 0) is 45.1 Å². The smallest absolute Gasteiger partial charge is 0.0178 e. The van der Waals surface area contributed by atoms with Crippen molar-refractivity contribution in [2.24, 2.45) is 11.3 Å². The second-order valence-corrected chi connectivity index (χ2v) is 7.13. The van der Waals surface area contributed by atoms with Gasteiger partial charge in [-0.2, -0.15) is 0 Å². The third-order valence-electron chi connectivity index (χ3n) is 3.80. The number of rotatable bonds is 1. The fraction of sp³-hybridized carbons (Fsp3) is 1.00. The van der Waals surface area contributed by atoms with E-state index in [1.165, 1.54) is 19.4 Å². The SMILES string of the molecule is CCC1CCN(C(C)(C)C)C1C(C)(C)C. The second kappa shape index (κ2) is 4.08. The average Bonchev–Trinajstić information content (AvgIpc) is 2.44. The van der Waals surface area contributed by atoms with Crippen LogP contribution in [0.1, 0.15) is 61.3 Å². The molecular formula is C14H29N. The van der Waals surface area contributed by atoms with Gasteiger partial charge in [-0.25, -0.2) is 0 Å². The molecule has 1 aliphatic rings. The van der Waals surface area contributed by atoms with E-state index in [4.69, 9.17) is 0 Å². The summed E-state index contributed by atoms with van der Waals surface area (Å²) in [5, 5.41) is 0. The highest BCUT2D eigenvalue weighted by atomic mass is 15.2.